The topological polar surface area (TPSA) is 35.6 Å². The lowest BCUT2D eigenvalue weighted by atomic mass is 10.1. The minimum absolute atomic E-state index is 0.0939. The number of hydrogen-bond donors (Lipinski definition) is 1. The summed E-state index contributed by atoms with van der Waals surface area (Å²) in [6.07, 6.45) is 3.54. The fourth-order valence-corrected chi connectivity index (χ4v) is 3.03. The number of amides is 2. The minimum Gasteiger partial charge on any atom is -0.338 e. The van der Waals surface area contributed by atoms with Crippen LogP contribution in [0.4, 0.5) is 4.79 Å². The number of rotatable bonds is 4. The van der Waals surface area contributed by atoms with Crippen molar-refractivity contribution in [1.29, 1.82) is 0 Å². The molecule has 2 aliphatic rings. The molecule has 0 radical (unpaired) electrons. The molecule has 0 aromatic heterocycles. The molecule has 0 bridgehead atoms. The van der Waals surface area contributed by atoms with Gasteiger partial charge >= 0.3 is 6.03 Å². The molecule has 2 amide bonds. The summed E-state index contributed by atoms with van der Waals surface area (Å²) in [5, 5.41) is 3.01. The molecule has 0 saturated carbocycles. The molecule has 2 fully saturated rings. The van der Waals surface area contributed by atoms with E-state index in [1.165, 1.54) is 31.5 Å². The fraction of sp³-hybridized carbons (Fsp3) is 0.562. The quantitative estimate of drug-likeness (QED) is 0.906. The lowest BCUT2D eigenvalue weighted by molar-refractivity contribution is 0.0718. The van der Waals surface area contributed by atoms with E-state index in [4.69, 9.17) is 0 Å². The largest absolute Gasteiger partial charge is 0.338 e. The molecule has 4 heteroatoms. The normalized spacial score (nSPS) is 19.9. The number of carbonyl (C=O) groups is 1. The van der Waals surface area contributed by atoms with Gasteiger partial charge in [-0.25, -0.2) is 4.79 Å². The molecule has 2 heterocycles. The Balaban J connectivity index is 1.34. The van der Waals surface area contributed by atoms with E-state index >= 15 is 0 Å². The van der Waals surface area contributed by atoms with Gasteiger partial charge < -0.3 is 10.2 Å². The summed E-state index contributed by atoms with van der Waals surface area (Å²) in [6.45, 7) is 4.95. The van der Waals surface area contributed by atoms with Crippen LogP contribution in [0.3, 0.4) is 0 Å². The molecule has 20 heavy (non-hydrogen) atoms. The molecular weight excluding hydrogens is 250 g/mol. The van der Waals surface area contributed by atoms with Crippen molar-refractivity contribution in [2.24, 2.45) is 0 Å². The Morgan fingerprint density at radius 1 is 1.15 bits per heavy atom. The van der Waals surface area contributed by atoms with Crippen molar-refractivity contribution in [3.8, 4) is 0 Å². The third-order valence-electron chi connectivity index (χ3n) is 4.34. The van der Waals surface area contributed by atoms with Crippen molar-refractivity contribution in [2.75, 3.05) is 32.7 Å². The van der Waals surface area contributed by atoms with Crippen molar-refractivity contribution < 1.29 is 4.79 Å². The van der Waals surface area contributed by atoms with E-state index in [1.54, 1.807) is 0 Å². The van der Waals surface area contributed by atoms with E-state index in [0.717, 1.165) is 19.5 Å². The van der Waals surface area contributed by atoms with Gasteiger partial charge in [0.15, 0.2) is 0 Å². The Hall–Kier alpha value is -1.55. The molecule has 4 nitrogen and oxygen atoms in total. The van der Waals surface area contributed by atoms with E-state index in [-0.39, 0.29) is 6.03 Å². The molecule has 1 aromatic rings. The SMILES string of the molecule is O=C(NCCc1ccccc1)N1CC(N2CCCC2)C1. The first kappa shape index (κ1) is 13.4. The van der Waals surface area contributed by atoms with Crippen LogP contribution in [0.5, 0.6) is 0 Å². The summed E-state index contributed by atoms with van der Waals surface area (Å²) in [4.78, 5) is 16.4. The number of nitrogens with one attached hydrogen (secondary N) is 1. The van der Waals surface area contributed by atoms with E-state index in [9.17, 15) is 4.79 Å². The van der Waals surface area contributed by atoms with Crippen LogP contribution in [0.2, 0.25) is 0 Å². The van der Waals surface area contributed by atoms with E-state index in [2.05, 4.69) is 22.3 Å². The maximum atomic E-state index is 12.0. The average molecular weight is 273 g/mol. The fourth-order valence-electron chi connectivity index (χ4n) is 3.03. The summed E-state index contributed by atoms with van der Waals surface area (Å²) < 4.78 is 0. The number of nitrogens with zero attached hydrogens (tertiary/aromatic N) is 2. The highest BCUT2D eigenvalue weighted by molar-refractivity contribution is 5.75. The Bertz CT molecular complexity index is 436. The first-order valence-corrected chi connectivity index (χ1v) is 7.64. The van der Waals surface area contributed by atoms with Crippen LogP contribution < -0.4 is 5.32 Å². The summed E-state index contributed by atoms with van der Waals surface area (Å²) in [6, 6.07) is 11.0. The molecule has 0 aliphatic carbocycles. The van der Waals surface area contributed by atoms with Crippen LogP contribution >= 0.6 is 0 Å². The highest BCUT2D eigenvalue weighted by Crippen LogP contribution is 2.19. The molecule has 108 valence electrons. The second-order valence-corrected chi connectivity index (χ2v) is 5.77. The Morgan fingerprint density at radius 3 is 2.55 bits per heavy atom. The van der Waals surface area contributed by atoms with Crippen molar-refractivity contribution in [2.45, 2.75) is 25.3 Å². The van der Waals surface area contributed by atoms with Crippen LogP contribution in [0, 0.1) is 0 Å². The maximum Gasteiger partial charge on any atom is 0.317 e. The van der Waals surface area contributed by atoms with Gasteiger partial charge in [-0.1, -0.05) is 30.3 Å². The Labute approximate surface area is 120 Å². The maximum absolute atomic E-state index is 12.0. The smallest absolute Gasteiger partial charge is 0.317 e. The summed E-state index contributed by atoms with van der Waals surface area (Å²) in [5.74, 6) is 0. The molecule has 1 aromatic carbocycles. The van der Waals surface area contributed by atoms with Gasteiger partial charge in [-0.05, 0) is 37.9 Å². The molecule has 0 atom stereocenters. The van der Waals surface area contributed by atoms with Crippen LogP contribution in [0.1, 0.15) is 18.4 Å². The minimum atomic E-state index is 0.0939. The monoisotopic (exact) mass is 273 g/mol. The summed E-state index contributed by atoms with van der Waals surface area (Å²) in [5.41, 5.74) is 1.27. The number of hydrogen-bond acceptors (Lipinski definition) is 2. The highest BCUT2D eigenvalue weighted by Gasteiger charge is 2.35. The van der Waals surface area contributed by atoms with Crippen molar-refractivity contribution >= 4 is 6.03 Å². The van der Waals surface area contributed by atoms with E-state index in [0.29, 0.717) is 12.6 Å². The molecule has 3 rings (SSSR count). The molecular formula is C16H23N3O. The zero-order valence-electron chi connectivity index (χ0n) is 11.9. The van der Waals surface area contributed by atoms with Gasteiger partial charge in [0, 0.05) is 25.7 Å². The number of urea groups is 1. The third-order valence-corrected chi connectivity index (χ3v) is 4.34. The van der Waals surface area contributed by atoms with Crippen LogP contribution in [0.15, 0.2) is 30.3 Å². The molecule has 0 spiro atoms. The predicted octanol–water partition coefficient (Wildman–Crippen LogP) is 1.72. The van der Waals surface area contributed by atoms with Gasteiger partial charge in [-0.3, -0.25) is 4.90 Å². The van der Waals surface area contributed by atoms with Crippen molar-refractivity contribution in [3.63, 3.8) is 0 Å². The van der Waals surface area contributed by atoms with Gasteiger partial charge in [-0.15, -0.1) is 0 Å². The Morgan fingerprint density at radius 2 is 1.85 bits per heavy atom. The molecule has 1 N–H and O–H groups in total. The third kappa shape index (κ3) is 3.12. The zero-order chi connectivity index (χ0) is 13.8. The first-order chi connectivity index (χ1) is 9.83. The van der Waals surface area contributed by atoms with Crippen LogP contribution in [-0.4, -0.2) is 54.6 Å². The van der Waals surface area contributed by atoms with Crippen molar-refractivity contribution in [3.05, 3.63) is 35.9 Å². The van der Waals surface area contributed by atoms with E-state index in [1.807, 2.05) is 23.1 Å². The number of likely N-dealkylation sites (tertiary alicyclic amines) is 2. The standard InChI is InChI=1S/C16H23N3O/c20-16(17-9-8-14-6-2-1-3-7-14)19-12-15(13-19)18-10-4-5-11-18/h1-3,6-7,15H,4-5,8-13H2,(H,17,20). The molecule has 2 saturated heterocycles. The lowest BCUT2D eigenvalue weighted by Gasteiger charge is -2.43. The average Bonchev–Trinajstić information content (AvgIpc) is 2.92. The van der Waals surface area contributed by atoms with Gasteiger partial charge in [0.25, 0.3) is 0 Å². The first-order valence-electron chi connectivity index (χ1n) is 7.64. The van der Waals surface area contributed by atoms with E-state index < -0.39 is 0 Å². The molecule has 2 aliphatic heterocycles. The van der Waals surface area contributed by atoms with Crippen LogP contribution in [0.25, 0.3) is 0 Å². The van der Waals surface area contributed by atoms with Crippen molar-refractivity contribution in [1.82, 2.24) is 15.1 Å². The van der Waals surface area contributed by atoms with Gasteiger partial charge in [0.05, 0.1) is 0 Å². The zero-order valence-corrected chi connectivity index (χ0v) is 11.9. The Kier molecular flexibility index (Phi) is 4.21. The van der Waals surface area contributed by atoms with Crippen LogP contribution in [-0.2, 0) is 6.42 Å². The number of carbonyl (C=O) groups excluding carboxylic acids is 1. The predicted molar refractivity (Wildman–Crippen MR) is 79.7 cm³/mol. The van der Waals surface area contributed by atoms with Gasteiger partial charge in [0.2, 0.25) is 0 Å². The number of benzene rings is 1. The molecule has 0 unspecified atom stereocenters. The highest BCUT2D eigenvalue weighted by atomic mass is 16.2. The van der Waals surface area contributed by atoms with Gasteiger partial charge in [-0.2, -0.15) is 0 Å². The second-order valence-electron chi connectivity index (χ2n) is 5.77. The second kappa shape index (κ2) is 6.27. The summed E-state index contributed by atoms with van der Waals surface area (Å²) in [7, 11) is 0. The lowest BCUT2D eigenvalue weighted by Crippen LogP contribution is -2.62. The summed E-state index contributed by atoms with van der Waals surface area (Å²) >= 11 is 0. The van der Waals surface area contributed by atoms with Gasteiger partial charge in [0.1, 0.15) is 0 Å².